The van der Waals surface area contributed by atoms with E-state index in [1.807, 2.05) is 0 Å². The van der Waals surface area contributed by atoms with Crippen molar-refractivity contribution in [3.05, 3.63) is 71.8 Å². The molecule has 1 aliphatic carbocycles. The average molecular weight is 366 g/mol. The lowest BCUT2D eigenvalue weighted by molar-refractivity contribution is 0.0644. The second-order valence-corrected chi connectivity index (χ2v) is 9.00. The minimum atomic E-state index is -0.152. The zero-order valence-corrected chi connectivity index (χ0v) is 17.3. The zero-order chi connectivity index (χ0) is 19.5. The van der Waals surface area contributed by atoms with Crippen molar-refractivity contribution in [2.75, 3.05) is 20.6 Å². The van der Waals surface area contributed by atoms with Crippen LogP contribution in [-0.4, -0.2) is 31.1 Å². The molecule has 3 heteroatoms. The molecule has 2 aromatic carbocycles. The third-order valence-corrected chi connectivity index (χ3v) is 6.62. The lowest BCUT2D eigenvalue weighted by Crippen LogP contribution is -2.58. The van der Waals surface area contributed by atoms with Crippen LogP contribution in [0.2, 0.25) is 0 Å². The van der Waals surface area contributed by atoms with Gasteiger partial charge in [-0.05, 0) is 64.8 Å². The molecule has 146 valence electrons. The quantitative estimate of drug-likeness (QED) is 0.804. The molecule has 0 aromatic heterocycles. The van der Waals surface area contributed by atoms with Gasteiger partial charge >= 0.3 is 0 Å². The highest BCUT2D eigenvalue weighted by molar-refractivity contribution is 5.27. The van der Waals surface area contributed by atoms with E-state index in [0.717, 1.165) is 32.2 Å². The Labute approximate surface area is 165 Å². The van der Waals surface area contributed by atoms with Crippen LogP contribution in [-0.2, 0) is 11.1 Å². The normalized spacial score (nSPS) is 26.3. The molecular formula is C24H35N3. The molecule has 0 radical (unpaired) electrons. The van der Waals surface area contributed by atoms with E-state index in [2.05, 4.69) is 98.8 Å². The Bertz CT molecular complexity index is 714. The zero-order valence-electron chi connectivity index (χ0n) is 17.3. The lowest BCUT2D eigenvalue weighted by Gasteiger charge is -2.49. The minimum absolute atomic E-state index is 0.0802. The summed E-state index contributed by atoms with van der Waals surface area (Å²) in [5.74, 6) is 0. The van der Waals surface area contributed by atoms with Crippen molar-refractivity contribution >= 4 is 0 Å². The number of nitrogens with one attached hydrogen (secondary N) is 1. The van der Waals surface area contributed by atoms with Gasteiger partial charge in [-0.25, -0.2) is 0 Å². The number of nitrogens with two attached hydrogens (primary N) is 1. The number of hydrogen-bond donors (Lipinski definition) is 2. The fraction of sp³-hybridized carbons (Fsp3) is 0.500. The van der Waals surface area contributed by atoms with Gasteiger partial charge in [0.1, 0.15) is 0 Å². The van der Waals surface area contributed by atoms with E-state index in [1.165, 1.54) is 11.1 Å². The van der Waals surface area contributed by atoms with E-state index >= 15 is 0 Å². The highest BCUT2D eigenvalue weighted by Crippen LogP contribution is 2.43. The molecule has 0 aliphatic heterocycles. The summed E-state index contributed by atoms with van der Waals surface area (Å²) in [5.41, 5.74) is 9.44. The SMILES string of the molecule is CN(C)[C@]1(c2ccccc2)CC[C@@](N)(CNC(C)(C)c2ccccc2)CC1. The number of benzene rings is 2. The highest BCUT2D eigenvalue weighted by Gasteiger charge is 2.43. The van der Waals surface area contributed by atoms with Crippen LogP contribution in [0.25, 0.3) is 0 Å². The Morgan fingerprint density at radius 1 is 0.889 bits per heavy atom. The molecule has 0 amide bonds. The van der Waals surface area contributed by atoms with E-state index in [0.29, 0.717) is 0 Å². The van der Waals surface area contributed by atoms with Crippen molar-refractivity contribution in [1.29, 1.82) is 0 Å². The Kier molecular flexibility index (Phi) is 5.76. The van der Waals surface area contributed by atoms with E-state index < -0.39 is 0 Å². The van der Waals surface area contributed by atoms with E-state index in [1.54, 1.807) is 0 Å². The Morgan fingerprint density at radius 2 is 1.41 bits per heavy atom. The van der Waals surface area contributed by atoms with E-state index in [9.17, 15) is 0 Å². The van der Waals surface area contributed by atoms with Gasteiger partial charge in [0.15, 0.2) is 0 Å². The third kappa shape index (κ3) is 4.26. The van der Waals surface area contributed by atoms with Crippen LogP contribution in [0, 0.1) is 0 Å². The molecule has 27 heavy (non-hydrogen) atoms. The first-order valence-electron chi connectivity index (χ1n) is 10.1. The average Bonchev–Trinajstić information content (AvgIpc) is 2.69. The van der Waals surface area contributed by atoms with Crippen LogP contribution >= 0.6 is 0 Å². The number of nitrogens with zero attached hydrogens (tertiary/aromatic N) is 1. The maximum Gasteiger partial charge on any atom is 0.0456 e. The van der Waals surface area contributed by atoms with Crippen LogP contribution in [0.15, 0.2) is 60.7 Å². The summed E-state index contributed by atoms with van der Waals surface area (Å²) in [6.45, 7) is 5.32. The molecule has 0 atom stereocenters. The van der Waals surface area contributed by atoms with Crippen LogP contribution < -0.4 is 11.1 Å². The standard InChI is InChI=1S/C24H35N3/c1-22(2,20-11-7-5-8-12-20)26-19-23(25)15-17-24(18-16-23,27(3)4)21-13-9-6-10-14-21/h5-14,26H,15-19,25H2,1-4H3/t23-,24+. The maximum atomic E-state index is 6.86. The largest absolute Gasteiger partial charge is 0.324 e. The molecule has 0 heterocycles. The van der Waals surface area contributed by atoms with Gasteiger partial charge in [-0.2, -0.15) is 0 Å². The topological polar surface area (TPSA) is 41.3 Å². The molecule has 0 bridgehead atoms. The van der Waals surface area contributed by atoms with E-state index in [-0.39, 0.29) is 16.6 Å². The second kappa shape index (κ2) is 7.75. The fourth-order valence-electron chi connectivity index (χ4n) is 4.43. The predicted molar refractivity (Wildman–Crippen MR) is 115 cm³/mol. The number of hydrogen-bond acceptors (Lipinski definition) is 3. The summed E-state index contributed by atoms with van der Waals surface area (Å²) in [7, 11) is 4.40. The smallest absolute Gasteiger partial charge is 0.0456 e. The maximum absolute atomic E-state index is 6.86. The summed E-state index contributed by atoms with van der Waals surface area (Å²) in [6.07, 6.45) is 4.23. The molecule has 1 fully saturated rings. The summed E-state index contributed by atoms with van der Waals surface area (Å²) in [4.78, 5) is 2.39. The first-order valence-corrected chi connectivity index (χ1v) is 10.1. The van der Waals surface area contributed by atoms with Gasteiger partial charge in [0.2, 0.25) is 0 Å². The minimum Gasteiger partial charge on any atom is -0.324 e. The summed E-state index contributed by atoms with van der Waals surface area (Å²) >= 11 is 0. The van der Waals surface area contributed by atoms with Crippen molar-refractivity contribution in [3.63, 3.8) is 0 Å². The first-order chi connectivity index (χ1) is 12.8. The van der Waals surface area contributed by atoms with Gasteiger partial charge in [0.05, 0.1) is 0 Å². The van der Waals surface area contributed by atoms with Crippen LogP contribution in [0.4, 0.5) is 0 Å². The van der Waals surface area contributed by atoms with Gasteiger partial charge < -0.3 is 11.1 Å². The lowest BCUT2D eigenvalue weighted by atomic mass is 9.68. The Morgan fingerprint density at radius 3 is 1.93 bits per heavy atom. The van der Waals surface area contributed by atoms with Crippen LogP contribution in [0.5, 0.6) is 0 Å². The van der Waals surface area contributed by atoms with Crippen molar-refractivity contribution in [2.24, 2.45) is 5.73 Å². The monoisotopic (exact) mass is 365 g/mol. The summed E-state index contributed by atoms with van der Waals surface area (Å²) in [6, 6.07) is 21.6. The van der Waals surface area contributed by atoms with Crippen molar-refractivity contribution in [3.8, 4) is 0 Å². The van der Waals surface area contributed by atoms with Crippen LogP contribution in [0.1, 0.15) is 50.7 Å². The molecule has 1 aliphatic rings. The molecule has 3 N–H and O–H groups in total. The van der Waals surface area contributed by atoms with Crippen LogP contribution in [0.3, 0.4) is 0 Å². The third-order valence-electron chi connectivity index (χ3n) is 6.62. The Hall–Kier alpha value is -1.68. The van der Waals surface area contributed by atoms with Gasteiger partial charge in [-0.1, -0.05) is 60.7 Å². The van der Waals surface area contributed by atoms with Crippen molar-refractivity contribution in [1.82, 2.24) is 10.2 Å². The summed E-state index contributed by atoms with van der Waals surface area (Å²) in [5, 5.41) is 3.74. The molecule has 1 saturated carbocycles. The van der Waals surface area contributed by atoms with Gasteiger partial charge in [0, 0.05) is 23.2 Å². The predicted octanol–water partition coefficient (Wildman–Crippen LogP) is 4.24. The summed E-state index contributed by atoms with van der Waals surface area (Å²) < 4.78 is 0. The molecule has 2 aromatic rings. The van der Waals surface area contributed by atoms with Crippen molar-refractivity contribution in [2.45, 2.75) is 56.1 Å². The molecule has 0 unspecified atom stereocenters. The molecule has 3 rings (SSSR count). The Balaban J connectivity index is 1.68. The second-order valence-electron chi connectivity index (χ2n) is 9.00. The molecule has 0 spiro atoms. The first kappa shape index (κ1) is 20.1. The van der Waals surface area contributed by atoms with Crippen molar-refractivity contribution < 1.29 is 0 Å². The molecular weight excluding hydrogens is 330 g/mol. The van der Waals surface area contributed by atoms with Gasteiger partial charge in [-0.3, -0.25) is 4.90 Å². The fourth-order valence-corrected chi connectivity index (χ4v) is 4.43. The molecule has 3 nitrogen and oxygen atoms in total. The van der Waals surface area contributed by atoms with Gasteiger partial charge in [0.25, 0.3) is 0 Å². The molecule has 0 saturated heterocycles. The van der Waals surface area contributed by atoms with Gasteiger partial charge in [-0.15, -0.1) is 0 Å². The highest BCUT2D eigenvalue weighted by atomic mass is 15.2. The number of rotatable bonds is 6. The van der Waals surface area contributed by atoms with E-state index in [4.69, 9.17) is 5.73 Å².